The molecule has 2 aromatic carbocycles. The first kappa shape index (κ1) is 11.0. The summed E-state index contributed by atoms with van der Waals surface area (Å²) in [6, 6.07) is 16.5. The van der Waals surface area contributed by atoms with Gasteiger partial charge in [-0.05, 0) is 24.3 Å². The average Bonchev–Trinajstić information content (AvgIpc) is 2.46. The van der Waals surface area contributed by atoms with Crippen LogP contribution in [0.3, 0.4) is 0 Å². The smallest absolute Gasteiger partial charge is 0.142 e. The first-order chi connectivity index (χ1) is 8.90. The van der Waals surface area contributed by atoms with Crippen LogP contribution >= 0.6 is 0 Å². The summed E-state index contributed by atoms with van der Waals surface area (Å²) in [5, 5.41) is 3.42. The predicted octanol–water partition coefficient (Wildman–Crippen LogP) is 3.26. The number of fused-ring (bicyclic) bond motifs is 1. The molecule has 0 saturated carbocycles. The lowest BCUT2D eigenvalue weighted by molar-refractivity contribution is 0.415. The minimum Gasteiger partial charge on any atom is -0.495 e. The molecule has 0 unspecified atom stereocenters. The summed E-state index contributed by atoms with van der Waals surface area (Å²) in [5.41, 5.74) is 3.50. The summed E-state index contributed by atoms with van der Waals surface area (Å²) >= 11 is 0. The van der Waals surface area contributed by atoms with Gasteiger partial charge in [0, 0.05) is 13.1 Å². The second kappa shape index (κ2) is 4.61. The SMILES string of the molecule is COc1ccccc1N1CCNc2ccccc21. The van der Waals surface area contributed by atoms with E-state index in [1.54, 1.807) is 7.11 Å². The van der Waals surface area contributed by atoms with E-state index in [4.69, 9.17) is 4.74 Å². The minimum absolute atomic E-state index is 0.911. The molecule has 0 aliphatic carbocycles. The Balaban J connectivity index is 2.08. The molecule has 3 rings (SSSR count). The zero-order valence-corrected chi connectivity index (χ0v) is 10.4. The van der Waals surface area contributed by atoms with E-state index >= 15 is 0 Å². The third kappa shape index (κ3) is 1.78. The predicted molar refractivity (Wildman–Crippen MR) is 74.9 cm³/mol. The summed E-state index contributed by atoms with van der Waals surface area (Å²) in [6.07, 6.45) is 0. The van der Waals surface area contributed by atoms with Crippen molar-refractivity contribution in [2.75, 3.05) is 30.4 Å². The van der Waals surface area contributed by atoms with Crippen molar-refractivity contribution in [2.24, 2.45) is 0 Å². The molecular formula is C15H16N2O. The van der Waals surface area contributed by atoms with Gasteiger partial charge in [0.25, 0.3) is 0 Å². The van der Waals surface area contributed by atoms with Crippen LogP contribution in [0.15, 0.2) is 48.5 Å². The number of hydrogen-bond acceptors (Lipinski definition) is 3. The van der Waals surface area contributed by atoms with Gasteiger partial charge in [0.1, 0.15) is 5.75 Å². The van der Waals surface area contributed by atoms with Gasteiger partial charge < -0.3 is 15.0 Å². The molecule has 1 heterocycles. The van der Waals surface area contributed by atoms with E-state index in [9.17, 15) is 0 Å². The topological polar surface area (TPSA) is 24.5 Å². The van der Waals surface area contributed by atoms with Crippen LogP contribution in [0.1, 0.15) is 0 Å². The van der Waals surface area contributed by atoms with Gasteiger partial charge in [-0.2, -0.15) is 0 Å². The lowest BCUT2D eigenvalue weighted by Gasteiger charge is -2.32. The number of nitrogens with one attached hydrogen (secondary N) is 1. The Morgan fingerprint density at radius 1 is 1.00 bits per heavy atom. The molecule has 0 radical (unpaired) electrons. The highest BCUT2D eigenvalue weighted by molar-refractivity contribution is 5.80. The number of rotatable bonds is 2. The Labute approximate surface area is 107 Å². The Morgan fingerprint density at radius 2 is 1.72 bits per heavy atom. The summed E-state index contributed by atoms with van der Waals surface area (Å²) in [6.45, 7) is 1.88. The molecular weight excluding hydrogens is 224 g/mol. The second-order valence-electron chi connectivity index (χ2n) is 4.27. The summed E-state index contributed by atoms with van der Waals surface area (Å²) < 4.78 is 5.45. The van der Waals surface area contributed by atoms with Crippen LogP contribution in [0, 0.1) is 0 Å². The van der Waals surface area contributed by atoms with E-state index in [1.807, 2.05) is 18.2 Å². The molecule has 1 N–H and O–H groups in total. The third-order valence-corrected chi connectivity index (χ3v) is 3.22. The van der Waals surface area contributed by atoms with Crippen LogP contribution in [-0.4, -0.2) is 20.2 Å². The average molecular weight is 240 g/mol. The lowest BCUT2D eigenvalue weighted by Crippen LogP contribution is -2.30. The van der Waals surface area contributed by atoms with Crippen LogP contribution in [0.4, 0.5) is 17.1 Å². The van der Waals surface area contributed by atoms with Crippen molar-refractivity contribution in [3.05, 3.63) is 48.5 Å². The summed E-state index contributed by atoms with van der Waals surface area (Å²) in [5.74, 6) is 0.911. The fourth-order valence-electron chi connectivity index (χ4n) is 2.38. The van der Waals surface area contributed by atoms with Gasteiger partial charge in [-0.25, -0.2) is 0 Å². The van der Waals surface area contributed by atoms with Crippen molar-refractivity contribution in [1.82, 2.24) is 0 Å². The van der Waals surface area contributed by atoms with Gasteiger partial charge >= 0.3 is 0 Å². The molecule has 0 fully saturated rings. The molecule has 0 saturated heterocycles. The van der Waals surface area contributed by atoms with Gasteiger partial charge in [0.2, 0.25) is 0 Å². The molecule has 0 aromatic heterocycles. The number of methoxy groups -OCH3 is 1. The molecule has 18 heavy (non-hydrogen) atoms. The van der Waals surface area contributed by atoms with Gasteiger partial charge in [0.05, 0.1) is 24.2 Å². The third-order valence-electron chi connectivity index (χ3n) is 3.22. The maximum Gasteiger partial charge on any atom is 0.142 e. The molecule has 92 valence electrons. The Bertz CT molecular complexity index is 554. The molecule has 1 aliphatic heterocycles. The largest absolute Gasteiger partial charge is 0.495 e. The first-order valence-electron chi connectivity index (χ1n) is 6.13. The van der Waals surface area contributed by atoms with Crippen molar-refractivity contribution in [1.29, 1.82) is 0 Å². The standard InChI is InChI=1S/C15H16N2O/c1-18-15-9-5-4-8-14(15)17-11-10-16-12-6-2-3-7-13(12)17/h2-9,16H,10-11H2,1H3. The summed E-state index contributed by atoms with van der Waals surface area (Å²) in [4.78, 5) is 2.30. The first-order valence-corrected chi connectivity index (χ1v) is 6.13. The zero-order valence-electron chi connectivity index (χ0n) is 10.4. The van der Waals surface area contributed by atoms with E-state index in [-0.39, 0.29) is 0 Å². The zero-order chi connectivity index (χ0) is 12.4. The normalized spacial score (nSPS) is 13.7. The molecule has 2 aromatic rings. The molecule has 0 bridgehead atoms. The maximum atomic E-state index is 5.45. The van der Waals surface area contributed by atoms with Crippen molar-refractivity contribution in [2.45, 2.75) is 0 Å². The number of nitrogens with zero attached hydrogens (tertiary/aromatic N) is 1. The Kier molecular flexibility index (Phi) is 2.81. The molecule has 0 atom stereocenters. The molecule has 3 heteroatoms. The molecule has 0 amide bonds. The van der Waals surface area contributed by atoms with Gasteiger partial charge in [-0.15, -0.1) is 0 Å². The van der Waals surface area contributed by atoms with Crippen molar-refractivity contribution in [3.63, 3.8) is 0 Å². The van der Waals surface area contributed by atoms with Gasteiger partial charge in [-0.1, -0.05) is 24.3 Å². The number of benzene rings is 2. The monoisotopic (exact) mass is 240 g/mol. The fraction of sp³-hybridized carbons (Fsp3) is 0.200. The van der Waals surface area contributed by atoms with E-state index in [0.29, 0.717) is 0 Å². The van der Waals surface area contributed by atoms with Crippen molar-refractivity contribution in [3.8, 4) is 5.75 Å². The number of para-hydroxylation sites is 4. The highest BCUT2D eigenvalue weighted by atomic mass is 16.5. The number of ether oxygens (including phenoxy) is 1. The number of anilines is 3. The quantitative estimate of drug-likeness (QED) is 0.872. The van der Waals surface area contributed by atoms with Crippen LogP contribution in [0.5, 0.6) is 5.75 Å². The second-order valence-corrected chi connectivity index (χ2v) is 4.27. The Morgan fingerprint density at radius 3 is 2.56 bits per heavy atom. The van der Waals surface area contributed by atoms with E-state index in [0.717, 1.165) is 24.5 Å². The van der Waals surface area contributed by atoms with E-state index in [1.165, 1.54) is 11.4 Å². The van der Waals surface area contributed by atoms with Crippen LogP contribution in [0.25, 0.3) is 0 Å². The molecule has 1 aliphatic rings. The maximum absolute atomic E-state index is 5.45. The minimum atomic E-state index is 0.911. The van der Waals surface area contributed by atoms with Crippen LogP contribution < -0.4 is 15.0 Å². The van der Waals surface area contributed by atoms with Crippen LogP contribution in [-0.2, 0) is 0 Å². The van der Waals surface area contributed by atoms with Crippen molar-refractivity contribution >= 4 is 17.1 Å². The Hall–Kier alpha value is -2.16. The van der Waals surface area contributed by atoms with E-state index < -0.39 is 0 Å². The lowest BCUT2D eigenvalue weighted by atomic mass is 10.1. The fourth-order valence-corrected chi connectivity index (χ4v) is 2.38. The number of hydrogen-bond donors (Lipinski definition) is 1. The summed E-state index contributed by atoms with van der Waals surface area (Å²) in [7, 11) is 1.72. The molecule has 3 nitrogen and oxygen atoms in total. The molecule has 0 spiro atoms. The van der Waals surface area contributed by atoms with Gasteiger partial charge in [0.15, 0.2) is 0 Å². The van der Waals surface area contributed by atoms with E-state index in [2.05, 4.69) is 40.5 Å². The van der Waals surface area contributed by atoms with Gasteiger partial charge in [-0.3, -0.25) is 0 Å². The van der Waals surface area contributed by atoms with Crippen LogP contribution in [0.2, 0.25) is 0 Å². The highest BCUT2D eigenvalue weighted by Crippen LogP contribution is 2.38. The highest BCUT2D eigenvalue weighted by Gasteiger charge is 2.19. The van der Waals surface area contributed by atoms with Crippen molar-refractivity contribution < 1.29 is 4.74 Å².